The Kier molecular flexibility index (Phi) is 38.9. The van der Waals surface area contributed by atoms with Gasteiger partial charge in [0.05, 0.1) is 27.7 Å². The van der Waals surface area contributed by atoms with E-state index in [-0.39, 0.29) is 32.0 Å². The van der Waals surface area contributed by atoms with Crippen LogP contribution >= 0.6 is 7.82 Å². The Morgan fingerprint density at radius 1 is 0.544 bits per heavy atom. The SMILES string of the molecule is CCCCCCCC/C=C/C/C=C/CCCCC(=O)O[C@H](COC(=O)CCCCCCCCCCCCCCCCCCCC)COP(=O)(O)OCC[N+](C)(C)C. The third-order valence-corrected chi connectivity index (χ3v) is 11.2. The molecule has 0 spiro atoms. The molecule has 57 heavy (non-hydrogen) atoms. The van der Waals surface area contributed by atoms with Crippen LogP contribution in [-0.4, -0.2) is 74.9 Å². The van der Waals surface area contributed by atoms with Gasteiger partial charge in [-0.05, 0) is 44.9 Å². The summed E-state index contributed by atoms with van der Waals surface area (Å²) in [5, 5.41) is 0. The van der Waals surface area contributed by atoms with Crippen molar-refractivity contribution in [3.8, 4) is 0 Å². The van der Waals surface area contributed by atoms with Gasteiger partial charge >= 0.3 is 19.8 Å². The summed E-state index contributed by atoms with van der Waals surface area (Å²) in [6.45, 7) is 4.40. The van der Waals surface area contributed by atoms with Gasteiger partial charge in [-0.2, -0.15) is 0 Å². The maximum absolute atomic E-state index is 12.7. The molecule has 0 bridgehead atoms. The van der Waals surface area contributed by atoms with E-state index in [1.165, 1.54) is 135 Å². The molecular formula is C47H91NO8P+. The van der Waals surface area contributed by atoms with Crippen LogP contribution in [0.3, 0.4) is 0 Å². The molecule has 0 saturated carbocycles. The van der Waals surface area contributed by atoms with Crippen molar-refractivity contribution in [3.63, 3.8) is 0 Å². The number of esters is 2. The smallest absolute Gasteiger partial charge is 0.462 e. The van der Waals surface area contributed by atoms with Gasteiger partial charge in [-0.3, -0.25) is 18.6 Å². The summed E-state index contributed by atoms with van der Waals surface area (Å²) in [6, 6.07) is 0. The monoisotopic (exact) mass is 829 g/mol. The van der Waals surface area contributed by atoms with Crippen molar-refractivity contribution in [2.75, 3.05) is 47.5 Å². The summed E-state index contributed by atoms with van der Waals surface area (Å²) in [6.07, 6.45) is 43.7. The summed E-state index contributed by atoms with van der Waals surface area (Å²) in [7, 11) is 1.46. The van der Waals surface area contributed by atoms with Crippen LogP contribution in [-0.2, 0) is 32.7 Å². The van der Waals surface area contributed by atoms with Crippen LogP contribution in [0.2, 0.25) is 0 Å². The lowest BCUT2D eigenvalue weighted by Crippen LogP contribution is -2.37. The van der Waals surface area contributed by atoms with Crippen molar-refractivity contribution in [1.82, 2.24) is 0 Å². The molecule has 0 aromatic carbocycles. The number of likely N-dealkylation sites (N-methyl/N-ethyl adjacent to an activating group) is 1. The maximum Gasteiger partial charge on any atom is 0.472 e. The standard InChI is InChI=1S/C47H90NO8P/c1-6-8-10-12-14-16-18-20-22-23-24-26-27-29-31-33-35-37-39-46(49)53-43-45(44-55-57(51,52)54-42-41-48(3,4)5)56-47(50)40-38-36-34-32-30-28-25-21-19-17-15-13-11-9-7-2/h21,25,30,32,45H,6-20,22-24,26-29,31,33-44H2,1-5H3/p+1/b25-21+,32-30+/t45-/m1/s1. The molecule has 10 heteroatoms. The van der Waals surface area contributed by atoms with Crippen LogP contribution in [0, 0.1) is 0 Å². The number of phosphoric acid groups is 1. The largest absolute Gasteiger partial charge is 0.472 e. The number of carbonyl (C=O) groups is 2. The third kappa shape index (κ3) is 43.9. The zero-order valence-corrected chi connectivity index (χ0v) is 38.7. The second-order valence-corrected chi connectivity index (χ2v) is 18.6. The van der Waals surface area contributed by atoms with Crippen LogP contribution in [0.25, 0.3) is 0 Å². The zero-order chi connectivity index (χ0) is 42.1. The number of allylic oxidation sites excluding steroid dienone is 4. The van der Waals surface area contributed by atoms with E-state index in [0.717, 1.165) is 44.9 Å². The van der Waals surface area contributed by atoms with Crippen LogP contribution in [0.1, 0.15) is 213 Å². The molecule has 0 heterocycles. The first-order valence-electron chi connectivity index (χ1n) is 23.6. The quantitative estimate of drug-likeness (QED) is 0.0213. The van der Waals surface area contributed by atoms with E-state index >= 15 is 0 Å². The van der Waals surface area contributed by atoms with E-state index in [2.05, 4.69) is 38.2 Å². The summed E-state index contributed by atoms with van der Waals surface area (Å²) < 4.78 is 34.3. The minimum absolute atomic E-state index is 0.0278. The number of phosphoric ester groups is 1. The first kappa shape index (κ1) is 55.5. The van der Waals surface area contributed by atoms with Crippen molar-refractivity contribution in [3.05, 3.63) is 24.3 Å². The van der Waals surface area contributed by atoms with Crippen molar-refractivity contribution >= 4 is 19.8 Å². The molecule has 1 unspecified atom stereocenters. The molecule has 9 nitrogen and oxygen atoms in total. The highest BCUT2D eigenvalue weighted by Gasteiger charge is 2.27. The first-order chi connectivity index (χ1) is 27.5. The molecule has 0 aliphatic heterocycles. The van der Waals surface area contributed by atoms with Crippen molar-refractivity contribution in [2.45, 2.75) is 219 Å². The molecule has 0 aliphatic carbocycles. The number of hydrogen-bond donors (Lipinski definition) is 1. The Hall–Kier alpha value is -1.51. The summed E-state index contributed by atoms with van der Waals surface area (Å²) >= 11 is 0. The van der Waals surface area contributed by atoms with E-state index in [1.54, 1.807) is 0 Å². The lowest BCUT2D eigenvalue weighted by molar-refractivity contribution is -0.870. The molecule has 0 radical (unpaired) electrons. The lowest BCUT2D eigenvalue weighted by Gasteiger charge is -2.24. The fourth-order valence-electron chi connectivity index (χ4n) is 6.52. The number of hydrogen-bond acceptors (Lipinski definition) is 7. The zero-order valence-electron chi connectivity index (χ0n) is 37.8. The molecule has 1 N–H and O–H groups in total. The molecule has 0 aliphatic rings. The predicted octanol–water partition coefficient (Wildman–Crippen LogP) is 13.5. The molecule has 0 rings (SSSR count). The van der Waals surface area contributed by atoms with Gasteiger partial charge in [0.2, 0.25) is 0 Å². The minimum atomic E-state index is -4.38. The molecule has 0 aromatic rings. The second-order valence-electron chi connectivity index (χ2n) is 17.1. The molecule has 0 fully saturated rings. The Balaban J connectivity index is 4.32. The number of ether oxygens (including phenoxy) is 2. The molecule has 0 aromatic heterocycles. The average Bonchev–Trinajstić information content (AvgIpc) is 3.16. The minimum Gasteiger partial charge on any atom is -0.462 e. The molecule has 336 valence electrons. The third-order valence-electron chi connectivity index (χ3n) is 10.2. The fraction of sp³-hybridized carbons (Fsp3) is 0.872. The van der Waals surface area contributed by atoms with Crippen molar-refractivity contribution in [1.29, 1.82) is 0 Å². The predicted molar refractivity (Wildman–Crippen MR) is 238 cm³/mol. The van der Waals surface area contributed by atoms with Gasteiger partial charge in [-0.25, -0.2) is 4.57 Å². The van der Waals surface area contributed by atoms with Crippen molar-refractivity contribution in [2.24, 2.45) is 0 Å². The Morgan fingerprint density at radius 3 is 1.42 bits per heavy atom. The first-order valence-corrected chi connectivity index (χ1v) is 25.1. The van der Waals surface area contributed by atoms with E-state index in [4.69, 9.17) is 18.5 Å². The molecule has 2 atom stereocenters. The van der Waals surface area contributed by atoms with Crippen LogP contribution in [0.15, 0.2) is 24.3 Å². The number of quaternary nitrogens is 1. The van der Waals surface area contributed by atoms with Crippen LogP contribution in [0.4, 0.5) is 0 Å². The van der Waals surface area contributed by atoms with Gasteiger partial charge in [-0.1, -0.05) is 179 Å². The summed E-state index contributed by atoms with van der Waals surface area (Å²) in [5.41, 5.74) is 0. The number of unbranched alkanes of at least 4 members (excludes halogenated alkanes) is 25. The van der Waals surface area contributed by atoms with E-state index in [0.29, 0.717) is 17.4 Å². The maximum atomic E-state index is 12.7. The van der Waals surface area contributed by atoms with Gasteiger partial charge in [-0.15, -0.1) is 0 Å². The van der Waals surface area contributed by atoms with Gasteiger partial charge in [0.25, 0.3) is 0 Å². The van der Waals surface area contributed by atoms with Gasteiger partial charge in [0, 0.05) is 12.8 Å². The number of nitrogens with zero attached hydrogens (tertiary/aromatic N) is 1. The second kappa shape index (κ2) is 39.9. The highest BCUT2D eigenvalue weighted by Crippen LogP contribution is 2.43. The van der Waals surface area contributed by atoms with Gasteiger partial charge < -0.3 is 18.9 Å². The Bertz CT molecular complexity index is 1030. The Labute approximate surface area is 351 Å². The van der Waals surface area contributed by atoms with Crippen molar-refractivity contribution < 1.29 is 42.1 Å². The normalized spacial score (nSPS) is 13.7. The van der Waals surface area contributed by atoms with E-state index in [9.17, 15) is 19.0 Å². The molecule has 0 amide bonds. The van der Waals surface area contributed by atoms with Crippen LogP contribution in [0.5, 0.6) is 0 Å². The molecular weight excluding hydrogens is 737 g/mol. The highest BCUT2D eigenvalue weighted by molar-refractivity contribution is 7.47. The van der Waals surface area contributed by atoms with E-state index in [1.807, 2.05) is 21.1 Å². The molecule has 0 saturated heterocycles. The Morgan fingerprint density at radius 2 is 0.947 bits per heavy atom. The van der Waals surface area contributed by atoms with E-state index < -0.39 is 26.5 Å². The van der Waals surface area contributed by atoms with Gasteiger partial charge in [0.1, 0.15) is 19.8 Å². The topological polar surface area (TPSA) is 108 Å². The lowest BCUT2D eigenvalue weighted by atomic mass is 10.0. The number of rotatable bonds is 43. The average molecular weight is 829 g/mol. The highest BCUT2D eigenvalue weighted by atomic mass is 31.2. The summed E-state index contributed by atoms with van der Waals surface area (Å²) in [4.78, 5) is 35.4. The number of carbonyl (C=O) groups excluding carboxylic acids is 2. The van der Waals surface area contributed by atoms with Crippen LogP contribution < -0.4 is 0 Å². The fourth-order valence-corrected chi connectivity index (χ4v) is 7.26. The summed E-state index contributed by atoms with van der Waals surface area (Å²) in [5.74, 6) is -0.827. The van der Waals surface area contributed by atoms with Gasteiger partial charge in [0.15, 0.2) is 6.10 Å².